The molecule has 0 aliphatic carbocycles. The van der Waals surface area contributed by atoms with Crippen molar-refractivity contribution in [3.8, 4) is 5.75 Å². The minimum atomic E-state index is -4.36. The molecule has 0 saturated carbocycles. The maximum atomic E-state index is 14.1. The first-order valence-corrected chi connectivity index (χ1v) is 14.1. The van der Waals surface area contributed by atoms with Crippen molar-refractivity contribution in [1.29, 1.82) is 0 Å². The van der Waals surface area contributed by atoms with Crippen LogP contribution in [-0.4, -0.2) is 50.5 Å². The summed E-state index contributed by atoms with van der Waals surface area (Å²) in [5.74, 6) is -2.12. The lowest BCUT2D eigenvalue weighted by Crippen LogP contribution is -2.54. The lowest BCUT2D eigenvalue weighted by atomic mass is 10.0. The largest absolute Gasteiger partial charge is 0.508 e. The van der Waals surface area contributed by atoms with Gasteiger partial charge in [-0.3, -0.25) is 13.9 Å². The number of carbonyl (C=O) groups is 3. The zero-order valence-corrected chi connectivity index (χ0v) is 23.5. The molecule has 4 rings (SSSR count). The van der Waals surface area contributed by atoms with Crippen LogP contribution >= 0.6 is 11.6 Å². The summed E-state index contributed by atoms with van der Waals surface area (Å²) in [4.78, 5) is 38.9. The van der Waals surface area contributed by atoms with E-state index in [9.17, 15) is 27.9 Å². The third kappa shape index (κ3) is 5.90. The average molecular weight is 586 g/mol. The standard InChI is InChI=1S/C28H28ClN3O7S/c1-16-13-25(17(2)12-20(16)29)40(37,38)32-23-7-5-4-6-21(23)31-27(35)24(32)15-26(34)30-22(28(36)39-3)14-18-8-10-19(33)11-9-18/h4-13,22,24,33H,14-15H2,1-3H3,(H,30,34)(H,31,35)/t22-,24+/m0/s1. The lowest BCUT2D eigenvalue weighted by molar-refractivity contribution is -0.145. The molecule has 0 spiro atoms. The molecule has 0 saturated heterocycles. The number of ether oxygens (including phenoxy) is 1. The Morgan fingerprint density at radius 2 is 1.77 bits per heavy atom. The minimum Gasteiger partial charge on any atom is -0.508 e. The molecule has 2 atom stereocenters. The van der Waals surface area contributed by atoms with Crippen molar-refractivity contribution in [3.63, 3.8) is 0 Å². The number of aryl methyl sites for hydroxylation is 2. The maximum absolute atomic E-state index is 14.1. The molecule has 0 aromatic heterocycles. The van der Waals surface area contributed by atoms with Crippen molar-refractivity contribution < 1.29 is 32.6 Å². The predicted octanol–water partition coefficient (Wildman–Crippen LogP) is 3.47. The lowest BCUT2D eigenvalue weighted by Gasteiger charge is -2.37. The molecule has 3 aromatic carbocycles. The number of nitrogens with one attached hydrogen (secondary N) is 2. The normalized spacial score (nSPS) is 15.6. The second-order valence-electron chi connectivity index (χ2n) is 9.41. The van der Waals surface area contributed by atoms with Crippen LogP contribution in [0.3, 0.4) is 0 Å². The number of halogens is 1. The minimum absolute atomic E-state index is 0.0402. The Kier molecular flexibility index (Phi) is 8.36. The first-order valence-electron chi connectivity index (χ1n) is 12.3. The van der Waals surface area contributed by atoms with Crippen molar-refractivity contribution in [2.24, 2.45) is 0 Å². The molecule has 2 amide bonds. The average Bonchev–Trinajstić information content (AvgIpc) is 2.91. The molecule has 0 fully saturated rings. The van der Waals surface area contributed by atoms with Crippen molar-refractivity contribution in [1.82, 2.24) is 5.32 Å². The Morgan fingerprint density at radius 1 is 1.10 bits per heavy atom. The van der Waals surface area contributed by atoms with Crippen LogP contribution < -0.4 is 14.9 Å². The van der Waals surface area contributed by atoms with Crippen LogP contribution in [0.2, 0.25) is 5.02 Å². The molecule has 3 N–H and O–H groups in total. The Balaban J connectivity index is 1.68. The topological polar surface area (TPSA) is 142 Å². The molecular formula is C28H28ClN3O7S. The highest BCUT2D eigenvalue weighted by atomic mass is 35.5. The zero-order valence-electron chi connectivity index (χ0n) is 22.0. The molecule has 1 aliphatic heterocycles. The number of aromatic hydroxyl groups is 1. The van der Waals surface area contributed by atoms with E-state index in [2.05, 4.69) is 10.6 Å². The van der Waals surface area contributed by atoms with Gasteiger partial charge in [-0.1, -0.05) is 35.9 Å². The number of phenols is 1. The van der Waals surface area contributed by atoms with Crippen LogP contribution in [0.5, 0.6) is 5.75 Å². The van der Waals surface area contributed by atoms with E-state index >= 15 is 0 Å². The molecule has 10 nitrogen and oxygen atoms in total. The van der Waals surface area contributed by atoms with Gasteiger partial charge < -0.3 is 20.5 Å². The highest BCUT2D eigenvalue weighted by Crippen LogP contribution is 2.38. The summed E-state index contributed by atoms with van der Waals surface area (Å²) in [6.45, 7) is 3.27. The molecule has 0 bridgehead atoms. The Morgan fingerprint density at radius 3 is 2.45 bits per heavy atom. The van der Waals surface area contributed by atoms with E-state index in [1.807, 2.05) is 0 Å². The molecular weight excluding hydrogens is 558 g/mol. The van der Waals surface area contributed by atoms with Crippen LogP contribution in [0.1, 0.15) is 23.1 Å². The van der Waals surface area contributed by atoms with Gasteiger partial charge in [0.2, 0.25) is 11.8 Å². The Bertz CT molecular complexity index is 1580. The molecule has 12 heteroatoms. The van der Waals surface area contributed by atoms with Crippen LogP contribution in [0.25, 0.3) is 0 Å². The number of benzene rings is 3. The summed E-state index contributed by atoms with van der Waals surface area (Å²) < 4.78 is 34.0. The summed E-state index contributed by atoms with van der Waals surface area (Å²) in [7, 11) is -3.18. The molecule has 0 unspecified atom stereocenters. The van der Waals surface area contributed by atoms with Gasteiger partial charge in [-0.15, -0.1) is 0 Å². The summed E-state index contributed by atoms with van der Waals surface area (Å²) in [5, 5.41) is 15.2. The van der Waals surface area contributed by atoms with E-state index in [0.29, 0.717) is 21.7 Å². The number of para-hydroxylation sites is 2. The Hall–Kier alpha value is -4.09. The zero-order chi connectivity index (χ0) is 29.2. The fraction of sp³-hybridized carbons (Fsp3) is 0.250. The molecule has 3 aromatic rings. The molecule has 210 valence electrons. The number of carbonyl (C=O) groups excluding carboxylic acids is 3. The number of phenolic OH excluding ortho intramolecular Hbond substituents is 1. The van der Waals surface area contributed by atoms with Gasteiger partial charge in [-0.05, 0) is 66.9 Å². The van der Waals surface area contributed by atoms with Crippen molar-refractivity contribution >= 4 is 50.8 Å². The highest BCUT2D eigenvalue weighted by molar-refractivity contribution is 7.93. The van der Waals surface area contributed by atoms with Crippen LogP contribution in [0, 0.1) is 13.8 Å². The molecule has 0 radical (unpaired) electrons. The number of hydrogen-bond donors (Lipinski definition) is 3. The third-order valence-electron chi connectivity index (χ3n) is 6.55. The van der Waals surface area contributed by atoms with Gasteiger partial charge in [0.05, 0.1) is 29.8 Å². The van der Waals surface area contributed by atoms with E-state index in [-0.39, 0.29) is 28.4 Å². The summed E-state index contributed by atoms with van der Waals surface area (Å²) in [5.41, 5.74) is 2.01. The monoisotopic (exact) mass is 585 g/mol. The first kappa shape index (κ1) is 28.9. The predicted molar refractivity (Wildman–Crippen MR) is 150 cm³/mol. The van der Waals surface area contributed by atoms with Crippen LogP contribution in [-0.2, 0) is 35.6 Å². The summed E-state index contributed by atoms with van der Waals surface area (Å²) in [6.07, 6.45) is -0.530. The van der Waals surface area contributed by atoms with Gasteiger partial charge in [0.1, 0.15) is 17.8 Å². The number of esters is 1. The van der Waals surface area contributed by atoms with Crippen LogP contribution in [0.4, 0.5) is 11.4 Å². The van der Waals surface area contributed by atoms with Gasteiger partial charge in [-0.2, -0.15) is 0 Å². The van der Waals surface area contributed by atoms with Crippen molar-refractivity contribution in [2.75, 3.05) is 16.7 Å². The van der Waals surface area contributed by atoms with E-state index in [1.54, 1.807) is 44.2 Å². The van der Waals surface area contributed by atoms with E-state index in [4.69, 9.17) is 16.3 Å². The molecule has 40 heavy (non-hydrogen) atoms. The fourth-order valence-electron chi connectivity index (χ4n) is 4.51. The quantitative estimate of drug-likeness (QED) is 0.344. The number of amides is 2. The van der Waals surface area contributed by atoms with E-state index in [1.165, 1.54) is 37.4 Å². The number of nitrogens with zero attached hydrogens (tertiary/aromatic N) is 1. The second-order valence-corrected chi connectivity index (χ2v) is 11.6. The third-order valence-corrected chi connectivity index (χ3v) is 8.93. The number of methoxy groups -OCH3 is 1. The summed E-state index contributed by atoms with van der Waals surface area (Å²) >= 11 is 6.20. The number of anilines is 2. The van der Waals surface area contributed by atoms with Gasteiger partial charge in [0.25, 0.3) is 10.0 Å². The van der Waals surface area contributed by atoms with Crippen molar-refractivity contribution in [2.45, 2.75) is 43.7 Å². The fourth-order valence-corrected chi connectivity index (χ4v) is 6.65. The van der Waals surface area contributed by atoms with E-state index < -0.39 is 46.3 Å². The van der Waals surface area contributed by atoms with Crippen LogP contribution in [0.15, 0.2) is 65.6 Å². The van der Waals surface area contributed by atoms with Gasteiger partial charge in [0.15, 0.2) is 0 Å². The van der Waals surface area contributed by atoms with E-state index in [0.717, 1.165) is 4.31 Å². The van der Waals surface area contributed by atoms with Gasteiger partial charge >= 0.3 is 5.97 Å². The number of rotatable bonds is 8. The number of fused-ring (bicyclic) bond motifs is 1. The smallest absolute Gasteiger partial charge is 0.328 e. The molecule has 1 aliphatic rings. The van der Waals surface area contributed by atoms with Gasteiger partial charge in [-0.25, -0.2) is 13.2 Å². The number of sulfonamides is 1. The van der Waals surface area contributed by atoms with Crippen molar-refractivity contribution in [3.05, 3.63) is 82.4 Å². The summed E-state index contributed by atoms with van der Waals surface area (Å²) in [6, 6.07) is 12.8. The number of hydrogen-bond acceptors (Lipinski definition) is 7. The first-order chi connectivity index (χ1) is 18.9. The highest BCUT2D eigenvalue weighted by Gasteiger charge is 2.43. The Labute approximate surface area is 237 Å². The second kappa shape index (κ2) is 11.6. The SMILES string of the molecule is COC(=O)[C@H](Cc1ccc(O)cc1)NC(=O)C[C@@H]1C(=O)Nc2ccccc2N1S(=O)(=O)c1cc(C)c(Cl)cc1C. The van der Waals surface area contributed by atoms with Gasteiger partial charge in [0, 0.05) is 11.4 Å². The maximum Gasteiger partial charge on any atom is 0.328 e. The molecule has 1 heterocycles.